The molecule has 2 N–H and O–H groups in total. The van der Waals surface area contributed by atoms with Crippen molar-refractivity contribution < 1.29 is 19.1 Å². The van der Waals surface area contributed by atoms with Gasteiger partial charge in [-0.05, 0) is 37.6 Å². The Morgan fingerprint density at radius 1 is 1.17 bits per heavy atom. The van der Waals surface area contributed by atoms with Crippen LogP contribution in [0.2, 0.25) is 0 Å². The highest BCUT2D eigenvalue weighted by Gasteiger charge is 2.17. The van der Waals surface area contributed by atoms with Crippen molar-refractivity contribution in [1.29, 1.82) is 0 Å². The lowest BCUT2D eigenvalue weighted by Crippen LogP contribution is -2.27. The van der Waals surface area contributed by atoms with Crippen LogP contribution in [0.5, 0.6) is 11.5 Å². The minimum absolute atomic E-state index is 0.0832. The molecule has 6 heteroatoms. The van der Waals surface area contributed by atoms with Crippen LogP contribution in [0.15, 0.2) is 30.5 Å². The molecule has 6 nitrogen and oxygen atoms in total. The second kappa shape index (κ2) is 6.16. The van der Waals surface area contributed by atoms with Crippen LogP contribution in [-0.4, -0.2) is 29.9 Å². The number of H-pyrrole nitrogens is 1. The van der Waals surface area contributed by atoms with Gasteiger partial charge < -0.3 is 19.8 Å². The van der Waals surface area contributed by atoms with Crippen molar-refractivity contribution in [2.24, 2.45) is 0 Å². The number of aromatic amines is 1. The van der Waals surface area contributed by atoms with Crippen molar-refractivity contribution in [1.82, 2.24) is 10.3 Å². The summed E-state index contributed by atoms with van der Waals surface area (Å²) < 4.78 is 11.0. The highest BCUT2D eigenvalue weighted by atomic mass is 16.6. The molecule has 1 aliphatic heterocycles. The van der Waals surface area contributed by atoms with Crippen molar-refractivity contribution in [2.45, 2.75) is 19.9 Å². The Hall–Kier alpha value is -2.76. The summed E-state index contributed by atoms with van der Waals surface area (Å²) in [5.41, 5.74) is 1.77. The predicted molar refractivity (Wildman–Crippen MR) is 84.1 cm³/mol. The van der Waals surface area contributed by atoms with Crippen molar-refractivity contribution in [3.05, 3.63) is 47.3 Å². The van der Waals surface area contributed by atoms with Gasteiger partial charge in [0.2, 0.25) is 0 Å². The summed E-state index contributed by atoms with van der Waals surface area (Å²) in [7, 11) is 0. The highest BCUT2D eigenvalue weighted by Crippen LogP contribution is 2.32. The van der Waals surface area contributed by atoms with Crippen molar-refractivity contribution in [3.8, 4) is 11.5 Å². The van der Waals surface area contributed by atoms with Crippen LogP contribution in [0.1, 0.15) is 46.3 Å². The number of carbonyl (C=O) groups excluding carboxylic acids is 2. The van der Waals surface area contributed by atoms with E-state index in [4.69, 9.17) is 9.47 Å². The van der Waals surface area contributed by atoms with E-state index in [2.05, 4.69) is 10.3 Å². The lowest BCUT2D eigenvalue weighted by molar-refractivity contribution is 0.0935. The summed E-state index contributed by atoms with van der Waals surface area (Å²) >= 11 is 0. The summed E-state index contributed by atoms with van der Waals surface area (Å²) in [6, 6.07) is 6.95. The Balaban J connectivity index is 1.71. The molecule has 0 bridgehead atoms. The van der Waals surface area contributed by atoms with Gasteiger partial charge in [-0.2, -0.15) is 0 Å². The molecule has 0 fully saturated rings. The van der Waals surface area contributed by atoms with Gasteiger partial charge >= 0.3 is 0 Å². The molecule has 120 valence electrons. The standard InChI is InChI=1S/C17H18N2O4/c1-10(12-3-4-15-16(8-12)23-6-5-22-15)19-17(21)14-7-13(9-18-14)11(2)20/h3-4,7-10,18H,5-6H2,1-2H3,(H,19,21). The fraction of sp³-hybridized carbons (Fsp3) is 0.294. The lowest BCUT2D eigenvalue weighted by Gasteiger charge is -2.21. The van der Waals surface area contributed by atoms with Crippen LogP contribution in [-0.2, 0) is 0 Å². The van der Waals surface area contributed by atoms with Crippen LogP contribution in [0.4, 0.5) is 0 Å². The van der Waals surface area contributed by atoms with Crippen LogP contribution in [0.25, 0.3) is 0 Å². The number of nitrogens with one attached hydrogen (secondary N) is 2. The first kappa shape index (κ1) is 15.1. The number of ether oxygens (including phenoxy) is 2. The van der Waals surface area contributed by atoms with Crippen LogP contribution >= 0.6 is 0 Å². The fourth-order valence-corrected chi connectivity index (χ4v) is 2.42. The number of amides is 1. The number of carbonyl (C=O) groups is 2. The van der Waals surface area contributed by atoms with E-state index >= 15 is 0 Å². The number of hydrogen-bond acceptors (Lipinski definition) is 4. The van der Waals surface area contributed by atoms with E-state index in [9.17, 15) is 9.59 Å². The molecule has 2 aromatic rings. The van der Waals surface area contributed by atoms with Crippen molar-refractivity contribution >= 4 is 11.7 Å². The maximum absolute atomic E-state index is 12.2. The molecule has 23 heavy (non-hydrogen) atoms. The number of Topliss-reactive ketones (excluding diaryl/α,β-unsaturated/α-hetero) is 1. The van der Waals surface area contributed by atoms with Gasteiger partial charge in [-0.3, -0.25) is 9.59 Å². The van der Waals surface area contributed by atoms with Crippen molar-refractivity contribution in [2.75, 3.05) is 13.2 Å². The third-order valence-electron chi connectivity index (χ3n) is 3.75. The smallest absolute Gasteiger partial charge is 0.268 e. The minimum atomic E-state index is -0.264. The molecule has 3 rings (SSSR count). The van der Waals surface area contributed by atoms with E-state index in [0.29, 0.717) is 36.0 Å². The van der Waals surface area contributed by atoms with Gasteiger partial charge in [0, 0.05) is 11.8 Å². The zero-order valence-corrected chi connectivity index (χ0v) is 13.0. The average Bonchev–Trinajstić information content (AvgIpc) is 3.04. The van der Waals surface area contributed by atoms with Crippen LogP contribution in [0, 0.1) is 0 Å². The van der Waals surface area contributed by atoms with Gasteiger partial charge in [0.1, 0.15) is 18.9 Å². The monoisotopic (exact) mass is 314 g/mol. The summed E-state index contributed by atoms with van der Waals surface area (Å²) in [6.45, 7) is 4.41. The summed E-state index contributed by atoms with van der Waals surface area (Å²) in [4.78, 5) is 26.3. The summed E-state index contributed by atoms with van der Waals surface area (Å²) in [5, 5.41) is 2.89. The first-order valence-corrected chi connectivity index (χ1v) is 7.44. The number of aromatic nitrogens is 1. The molecule has 1 aliphatic rings. The van der Waals surface area contributed by atoms with Crippen LogP contribution in [0.3, 0.4) is 0 Å². The molecule has 0 saturated carbocycles. The largest absolute Gasteiger partial charge is 0.486 e. The van der Waals surface area contributed by atoms with Crippen molar-refractivity contribution in [3.63, 3.8) is 0 Å². The Morgan fingerprint density at radius 2 is 1.91 bits per heavy atom. The molecular weight excluding hydrogens is 296 g/mol. The van der Waals surface area contributed by atoms with Crippen LogP contribution < -0.4 is 14.8 Å². The zero-order valence-electron chi connectivity index (χ0n) is 13.0. The predicted octanol–water partition coefficient (Wildman–Crippen LogP) is 2.48. The first-order chi connectivity index (χ1) is 11.0. The second-order valence-corrected chi connectivity index (χ2v) is 5.46. The number of rotatable bonds is 4. The Bertz CT molecular complexity index is 751. The maximum atomic E-state index is 12.2. The summed E-state index contributed by atoms with van der Waals surface area (Å²) in [5.74, 6) is 1.06. The minimum Gasteiger partial charge on any atom is -0.486 e. The SMILES string of the molecule is CC(=O)c1c[nH]c(C(=O)NC(C)c2ccc3c(c2)OCCO3)c1. The summed E-state index contributed by atoms with van der Waals surface area (Å²) in [6.07, 6.45) is 1.53. The molecule has 0 aliphatic carbocycles. The molecule has 0 saturated heterocycles. The van der Waals surface area contributed by atoms with E-state index in [0.717, 1.165) is 5.56 Å². The number of fused-ring (bicyclic) bond motifs is 1. The molecule has 1 aromatic carbocycles. The Labute approximate surface area is 133 Å². The van der Waals surface area contributed by atoms with Gasteiger partial charge in [0.05, 0.1) is 6.04 Å². The van der Waals surface area contributed by atoms with Gasteiger partial charge in [0.25, 0.3) is 5.91 Å². The van der Waals surface area contributed by atoms with E-state index < -0.39 is 0 Å². The van der Waals surface area contributed by atoms with E-state index in [1.165, 1.54) is 13.1 Å². The normalized spacial score (nSPS) is 14.2. The Morgan fingerprint density at radius 3 is 2.61 bits per heavy atom. The van der Waals surface area contributed by atoms with Gasteiger partial charge in [-0.1, -0.05) is 6.07 Å². The molecule has 1 aromatic heterocycles. The van der Waals surface area contributed by atoms with Gasteiger partial charge in [-0.25, -0.2) is 0 Å². The van der Waals surface area contributed by atoms with Gasteiger partial charge in [-0.15, -0.1) is 0 Å². The molecule has 2 heterocycles. The average molecular weight is 314 g/mol. The highest BCUT2D eigenvalue weighted by molar-refractivity contribution is 5.99. The Kier molecular flexibility index (Phi) is 4.06. The number of benzene rings is 1. The van der Waals surface area contributed by atoms with E-state index in [1.807, 2.05) is 25.1 Å². The molecule has 1 unspecified atom stereocenters. The van der Waals surface area contributed by atoms with E-state index in [-0.39, 0.29) is 17.7 Å². The second-order valence-electron chi connectivity index (χ2n) is 5.46. The molecule has 1 atom stereocenters. The molecule has 0 radical (unpaired) electrons. The maximum Gasteiger partial charge on any atom is 0.268 e. The number of ketones is 1. The lowest BCUT2D eigenvalue weighted by atomic mass is 10.1. The third-order valence-corrected chi connectivity index (χ3v) is 3.75. The van der Waals surface area contributed by atoms with E-state index in [1.54, 1.807) is 6.07 Å². The zero-order chi connectivity index (χ0) is 16.4. The van der Waals surface area contributed by atoms with Gasteiger partial charge in [0.15, 0.2) is 17.3 Å². The molecular formula is C17H18N2O4. The topological polar surface area (TPSA) is 80.4 Å². The first-order valence-electron chi connectivity index (χ1n) is 7.44. The quantitative estimate of drug-likeness (QED) is 0.850. The fourth-order valence-electron chi connectivity index (χ4n) is 2.42. The third kappa shape index (κ3) is 3.21. The molecule has 0 spiro atoms. The molecule has 1 amide bonds. The number of hydrogen-bond donors (Lipinski definition) is 2.